The molecule has 0 unspecified atom stereocenters. The van der Waals surface area contributed by atoms with Crippen molar-refractivity contribution in [2.75, 3.05) is 0 Å². The second-order valence-electron chi connectivity index (χ2n) is 2.28. The first-order valence-electron chi connectivity index (χ1n) is 3.40. The molecule has 0 amide bonds. The summed E-state index contributed by atoms with van der Waals surface area (Å²) in [7, 11) is 0. The molecule has 0 saturated heterocycles. The van der Waals surface area contributed by atoms with Gasteiger partial charge in [0.2, 0.25) is 0 Å². The number of hydrogen-bond acceptors (Lipinski definition) is 2. The number of rotatable bonds is 2. The van der Waals surface area contributed by atoms with Gasteiger partial charge in [0.15, 0.2) is 5.17 Å². The van der Waals surface area contributed by atoms with Gasteiger partial charge < -0.3 is 5.73 Å². The van der Waals surface area contributed by atoms with Crippen LogP contribution in [0.2, 0.25) is 0 Å². The Balaban J connectivity index is 2.57. The van der Waals surface area contributed by atoms with Gasteiger partial charge in [-0.2, -0.15) is 0 Å². The van der Waals surface area contributed by atoms with Crippen LogP contribution in [-0.2, 0) is 5.75 Å². The number of nitrogens with two attached hydrogens (primary N) is 1. The van der Waals surface area contributed by atoms with E-state index in [9.17, 15) is 4.39 Å². The smallest absolute Gasteiger partial charge is 0.151 e. The third kappa shape index (κ3) is 2.92. The minimum Gasteiger partial charge on any atom is -0.379 e. The van der Waals surface area contributed by atoms with Crippen LogP contribution in [0.1, 0.15) is 5.56 Å². The molecule has 2 nitrogen and oxygen atoms in total. The van der Waals surface area contributed by atoms with Gasteiger partial charge in [0, 0.05) is 5.75 Å². The number of nitrogens with one attached hydrogen (secondary N) is 1. The van der Waals surface area contributed by atoms with Crippen molar-refractivity contribution >= 4 is 16.9 Å². The molecule has 1 aromatic rings. The van der Waals surface area contributed by atoms with E-state index >= 15 is 0 Å². The van der Waals surface area contributed by atoms with Crippen LogP contribution in [0.3, 0.4) is 0 Å². The van der Waals surface area contributed by atoms with E-state index in [4.69, 9.17) is 11.1 Å². The van der Waals surface area contributed by atoms with Gasteiger partial charge in [-0.3, -0.25) is 5.41 Å². The summed E-state index contributed by atoms with van der Waals surface area (Å²) in [6.45, 7) is 0. The largest absolute Gasteiger partial charge is 0.379 e. The normalized spacial score (nSPS) is 9.75. The van der Waals surface area contributed by atoms with E-state index in [0.29, 0.717) is 5.75 Å². The van der Waals surface area contributed by atoms with Gasteiger partial charge in [-0.15, -0.1) is 0 Å². The molecular formula is C8H9FN2S. The van der Waals surface area contributed by atoms with Crippen molar-refractivity contribution in [2.45, 2.75) is 5.75 Å². The molecule has 0 fully saturated rings. The lowest BCUT2D eigenvalue weighted by atomic mass is 10.2. The lowest BCUT2D eigenvalue weighted by Crippen LogP contribution is -2.03. The highest BCUT2D eigenvalue weighted by molar-refractivity contribution is 8.13. The molecule has 12 heavy (non-hydrogen) atoms. The Bertz CT molecular complexity index is 288. The van der Waals surface area contributed by atoms with Crippen LogP contribution in [-0.4, -0.2) is 5.17 Å². The molecule has 64 valence electrons. The summed E-state index contributed by atoms with van der Waals surface area (Å²) < 4.78 is 12.6. The van der Waals surface area contributed by atoms with Gasteiger partial charge in [-0.05, 0) is 17.7 Å². The third-order valence-corrected chi connectivity index (χ3v) is 2.07. The number of hydrogen-bond donors (Lipinski definition) is 2. The van der Waals surface area contributed by atoms with E-state index in [0.717, 1.165) is 5.56 Å². The van der Waals surface area contributed by atoms with Crippen molar-refractivity contribution in [1.82, 2.24) is 0 Å². The molecule has 0 spiro atoms. The van der Waals surface area contributed by atoms with E-state index in [1.54, 1.807) is 12.1 Å². The molecule has 0 heterocycles. The Labute approximate surface area is 74.5 Å². The predicted molar refractivity (Wildman–Crippen MR) is 49.6 cm³/mol. The van der Waals surface area contributed by atoms with Crippen LogP contribution < -0.4 is 5.73 Å². The van der Waals surface area contributed by atoms with Gasteiger partial charge in [-0.1, -0.05) is 23.9 Å². The predicted octanol–water partition coefficient (Wildman–Crippen LogP) is 1.95. The molecular weight excluding hydrogens is 175 g/mol. The van der Waals surface area contributed by atoms with Crippen LogP contribution in [0.5, 0.6) is 0 Å². The fourth-order valence-electron chi connectivity index (χ4n) is 0.788. The molecule has 0 aromatic heterocycles. The minimum absolute atomic E-state index is 0.0549. The molecule has 4 heteroatoms. The molecule has 0 atom stereocenters. The van der Waals surface area contributed by atoms with Crippen LogP contribution in [0, 0.1) is 11.2 Å². The lowest BCUT2D eigenvalue weighted by Gasteiger charge is -1.98. The molecule has 0 aliphatic carbocycles. The average molecular weight is 184 g/mol. The van der Waals surface area contributed by atoms with E-state index in [2.05, 4.69) is 0 Å². The second-order valence-corrected chi connectivity index (χ2v) is 3.30. The van der Waals surface area contributed by atoms with Crippen molar-refractivity contribution in [1.29, 1.82) is 5.41 Å². The molecule has 0 saturated carbocycles. The maximum Gasteiger partial charge on any atom is 0.151 e. The highest BCUT2D eigenvalue weighted by atomic mass is 32.2. The lowest BCUT2D eigenvalue weighted by molar-refractivity contribution is 0.626. The Morgan fingerprint density at radius 2 is 2.33 bits per heavy atom. The van der Waals surface area contributed by atoms with Crippen LogP contribution >= 0.6 is 11.8 Å². The minimum atomic E-state index is -0.253. The van der Waals surface area contributed by atoms with Crippen molar-refractivity contribution in [2.24, 2.45) is 5.73 Å². The topological polar surface area (TPSA) is 49.9 Å². The van der Waals surface area contributed by atoms with Gasteiger partial charge in [0.25, 0.3) is 0 Å². The van der Waals surface area contributed by atoms with Crippen LogP contribution in [0.15, 0.2) is 24.3 Å². The Morgan fingerprint density at radius 1 is 1.58 bits per heavy atom. The number of thioether (sulfide) groups is 1. The molecule has 0 aliphatic heterocycles. The molecule has 0 radical (unpaired) electrons. The van der Waals surface area contributed by atoms with E-state index < -0.39 is 0 Å². The maximum absolute atomic E-state index is 12.6. The van der Waals surface area contributed by atoms with E-state index in [1.165, 1.54) is 23.9 Å². The molecule has 0 bridgehead atoms. The first-order valence-corrected chi connectivity index (χ1v) is 4.38. The fraction of sp³-hybridized carbons (Fsp3) is 0.125. The highest BCUT2D eigenvalue weighted by Crippen LogP contribution is 2.12. The van der Waals surface area contributed by atoms with Gasteiger partial charge >= 0.3 is 0 Å². The summed E-state index contributed by atoms with van der Waals surface area (Å²) in [6.07, 6.45) is 0. The van der Waals surface area contributed by atoms with Gasteiger partial charge in [-0.25, -0.2) is 4.39 Å². The van der Waals surface area contributed by atoms with Crippen molar-refractivity contribution in [3.05, 3.63) is 35.6 Å². The highest BCUT2D eigenvalue weighted by Gasteiger charge is 1.96. The van der Waals surface area contributed by atoms with Crippen molar-refractivity contribution in [3.63, 3.8) is 0 Å². The standard InChI is InChI=1S/C8H9FN2S/c9-7-3-1-2-6(4-7)5-12-8(10)11/h1-4H,5H2,(H3,10,11). The van der Waals surface area contributed by atoms with Crippen molar-refractivity contribution < 1.29 is 4.39 Å². The zero-order chi connectivity index (χ0) is 8.97. The van der Waals surface area contributed by atoms with E-state index in [1.807, 2.05) is 0 Å². The fourth-order valence-corrected chi connectivity index (χ4v) is 1.29. The summed E-state index contributed by atoms with van der Waals surface area (Å²) in [5.74, 6) is 0.296. The third-order valence-electron chi connectivity index (χ3n) is 1.28. The molecule has 0 aliphatic rings. The first kappa shape index (κ1) is 9.06. The molecule has 1 aromatic carbocycles. The number of halogens is 1. The van der Waals surface area contributed by atoms with Gasteiger partial charge in [0.05, 0.1) is 0 Å². The Kier molecular flexibility index (Phi) is 3.10. The zero-order valence-corrected chi connectivity index (χ0v) is 7.20. The molecule has 1 rings (SSSR count). The Morgan fingerprint density at radius 3 is 2.92 bits per heavy atom. The summed E-state index contributed by atoms with van der Waals surface area (Å²) in [5.41, 5.74) is 5.97. The molecule has 3 N–H and O–H groups in total. The maximum atomic E-state index is 12.6. The SMILES string of the molecule is N=C(N)SCc1cccc(F)c1. The monoisotopic (exact) mass is 184 g/mol. The Hall–Kier alpha value is -1.03. The number of benzene rings is 1. The quantitative estimate of drug-likeness (QED) is 0.545. The van der Waals surface area contributed by atoms with Crippen molar-refractivity contribution in [3.8, 4) is 0 Å². The van der Waals surface area contributed by atoms with E-state index in [-0.39, 0.29) is 11.0 Å². The van der Waals surface area contributed by atoms with Crippen LogP contribution in [0.25, 0.3) is 0 Å². The summed E-state index contributed by atoms with van der Waals surface area (Å²) in [6, 6.07) is 6.28. The number of amidine groups is 1. The van der Waals surface area contributed by atoms with Gasteiger partial charge in [0.1, 0.15) is 5.82 Å². The first-order chi connectivity index (χ1) is 5.68. The summed E-state index contributed by atoms with van der Waals surface area (Å²) in [4.78, 5) is 0. The summed E-state index contributed by atoms with van der Waals surface area (Å²) >= 11 is 1.19. The average Bonchev–Trinajstić information content (AvgIpc) is 2.01. The second kappa shape index (κ2) is 4.11. The zero-order valence-electron chi connectivity index (χ0n) is 6.38. The summed E-state index contributed by atoms with van der Waals surface area (Å²) in [5, 5.41) is 7.00. The van der Waals surface area contributed by atoms with Crippen LogP contribution in [0.4, 0.5) is 4.39 Å².